The quantitative estimate of drug-likeness (QED) is 0.814. The molecule has 2 rings (SSSR count). The minimum atomic E-state index is -0.709. The van der Waals surface area contributed by atoms with Crippen LogP contribution in [0.1, 0.15) is 25.0 Å². The average molecular weight is 319 g/mol. The first-order chi connectivity index (χ1) is 11.2. The number of nitrogens with one attached hydrogen (secondary N) is 1. The van der Waals surface area contributed by atoms with Gasteiger partial charge in [-0.25, -0.2) is 4.79 Å². The minimum Gasteiger partial charge on any atom is -0.493 e. The molecule has 6 heteroatoms. The van der Waals surface area contributed by atoms with E-state index in [0.717, 1.165) is 29.7 Å². The normalized spacial score (nSPS) is 13.4. The molecule has 0 radical (unpaired) electrons. The summed E-state index contributed by atoms with van der Waals surface area (Å²) >= 11 is 0. The number of benzene rings is 1. The fourth-order valence-corrected chi connectivity index (χ4v) is 2.26. The molecule has 23 heavy (non-hydrogen) atoms. The molecule has 0 aromatic heterocycles. The highest BCUT2D eigenvalue weighted by Gasteiger charge is 2.18. The van der Waals surface area contributed by atoms with Gasteiger partial charge in [-0.1, -0.05) is 32.0 Å². The number of amides is 1. The van der Waals surface area contributed by atoms with Gasteiger partial charge >= 0.3 is 5.97 Å². The van der Waals surface area contributed by atoms with E-state index >= 15 is 0 Å². The second-order valence-corrected chi connectivity index (χ2v) is 4.98. The van der Waals surface area contributed by atoms with Gasteiger partial charge in [-0.15, -0.1) is 0 Å². The van der Waals surface area contributed by atoms with E-state index in [9.17, 15) is 9.59 Å². The van der Waals surface area contributed by atoms with E-state index in [2.05, 4.69) is 5.32 Å². The van der Waals surface area contributed by atoms with E-state index < -0.39 is 5.97 Å². The highest BCUT2D eigenvalue weighted by molar-refractivity contribution is 5.95. The van der Waals surface area contributed by atoms with Crippen molar-refractivity contribution in [2.24, 2.45) is 0 Å². The molecule has 0 fully saturated rings. The first kappa shape index (κ1) is 16.9. The van der Waals surface area contributed by atoms with Crippen LogP contribution < -0.4 is 5.32 Å². The summed E-state index contributed by atoms with van der Waals surface area (Å²) in [6, 6.07) is 5.91. The standard InChI is InChI=1S/C17H21NO5/c1-3-12-6-5-7-13(4-2)16(12)18-15(19)11-23-17(20)14-10-21-8-9-22-14/h5-7,10H,3-4,8-9,11H2,1-2H3,(H,18,19). The second kappa shape index (κ2) is 8.22. The van der Waals surface area contributed by atoms with Crippen molar-refractivity contribution < 1.29 is 23.8 Å². The summed E-state index contributed by atoms with van der Waals surface area (Å²) in [6.45, 7) is 4.36. The number of para-hydroxylation sites is 1. The van der Waals surface area contributed by atoms with Crippen molar-refractivity contribution in [2.45, 2.75) is 26.7 Å². The Balaban J connectivity index is 1.95. The molecule has 1 heterocycles. The van der Waals surface area contributed by atoms with Gasteiger partial charge in [-0.2, -0.15) is 0 Å². The number of carbonyl (C=O) groups is 2. The lowest BCUT2D eigenvalue weighted by Crippen LogP contribution is -2.24. The Hall–Kier alpha value is -2.50. The smallest absolute Gasteiger partial charge is 0.377 e. The molecule has 1 aromatic carbocycles. The third kappa shape index (κ3) is 4.48. The maximum Gasteiger partial charge on any atom is 0.377 e. The lowest BCUT2D eigenvalue weighted by molar-refractivity contribution is -0.148. The summed E-state index contributed by atoms with van der Waals surface area (Å²) in [7, 11) is 0. The molecule has 1 amide bonds. The highest BCUT2D eigenvalue weighted by Crippen LogP contribution is 2.22. The third-order valence-corrected chi connectivity index (χ3v) is 3.45. The largest absolute Gasteiger partial charge is 0.493 e. The lowest BCUT2D eigenvalue weighted by Gasteiger charge is -2.16. The van der Waals surface area contributed by atoms with Crippen LogP contribution in [0.2, 0.25) is 0 Å². The molecule has 0 atom stereocenters. The Morgan fingerprint density at radius 2 is 1.87 bits per heavy atom. The van der Waals surface area contributed by atoms with Crippen LogP contribution in [-0.2, 0) is 36.6 Å². The van der Waals surface area contributed by atoms with E-state index in [1.165, 1.54) is 6.26 Å². The van der Waals surface area contributed by atoms with Crippen LogP contribution in [0.5, 0.6) is 0 Å². The van der Waals surface area contributed by atoms with Crippen LogP contribution in [0.15, 0.2) is 30.2 Å². The van der Waals surface area contributed by atoms with Gasteiger partial charge in [0.05, 0.1) is 0 Å². The number of ether oxygens (including phenoxy) is 3. The zero-order valence-corrected chi connectivity index (χ0v) is 13.4. The monoisotopic (exact) mass is 319 g/mol. The van der Waals surface area contributed by atoms with E-state index in [-0.39, 0.29) is 24.9 Å². The Morgan fingerprint density at radius 1 is 1.17 bits per heavy atom. The predicted molar refractivity (Wildman–Crippen MR) is 84.8 cm³/mol. The van der Waals surface area contributed by atoms with Crippen molar-refractivity contribution in [1.82, 2.24) is 0 Å². The molecular weight excluding hydrogens is 298 g/mol. The molecule has 0 unspecified atom stereocenters. The fourth-order valence-electron chi connectivity index (χ4n) is 2.26. The van der Waals surface area contributed by atoms with Crippen LogP contribution in [0, 0.1) is 0 Å². The van der Waals surface area contributed by atoms with Crippen molar-refractivity contribution in [3.05, 3.63) is 41.3 Å². The molecule has 6 nitrogen and oxygen atoms in total. The second-order valence-electron chi connectivity index (χ2n) is 4.98. The average Bonchev–Trinajstić information content (AvgIpc) is 2.60. The van der Waals surface area contributed by atoms with Crippen LogP contribution in [0.25, 0.3) is 0 Å². The van der Waals surface area contributed by atoms with Crippen LogP contribution in [0.4, 0.5) is 5.69 Å². The van der Waals surface area contributed by atoms with E-state index in [1.54, 1.807) is 0 Å². The van der Waals surface area contributed by atoms with Crippen molar-refractivity contribution in [1.29, 1.82) is 0 Å². The number of hydrogen-bond acceptors (Lipinski definition) is 5. The van der Waals surface area contributed by atoms with Gasteiger partial charge in [0, 0.05) is 5.69 Å². The van der Waals surface area contributed by atoms with Gasteiger partial charge in [0.2, 0.25) is 5.76 Å². The van der Waals surface area contributed by atoms with Crippen LogP contribution in [0.3, 0.4) is 0 Å². The molecule has 0 aliphatic carbocycles. The Morgan fingerprint density at radius 3 is 2.43 bits per heavy atom. The number of anilines is 1. The Bertz CT molecular complexity index is 587. The van der Waals surface area contributed by atoms with Crippen molar-refractivity contribution >= 4 is 17.6 Å². The SMILES string of the molecule is CCc1cccc(CC)c1NC(=O)COC(=O)C1=COCCO1. The summed E-state index contributed by atoms with van der Waals surface area (Å²) in [4.78, 5) is 23.8. The molecule has 0 saturated heterocycles. The maximum absolute atomic E-state index is 12.1. The molecule has 1 aliphatic heterocycles. The van der Waals surface area contributed by atoms with E-state index in [0.29, 0.717) is 6.61 Å². The molecule has 1 N–H and O–H groups in total. The van der Waals surface area contributed by atoms with Crippen molar-refractivity contribution in [3.8, 4) is 0 Å². The predicted octanol–water partition coefficient (Wildman–Crippen LogP) is 2.18. The van der Waals surface area contributed by atoms with Crippen molar-refractivity contribution in [2.75, 3.05) is 25.1 Å². The molecular formula is C17H21NO5. The van der Waals surface area contributed by atoms with Gasteiger partial charge in [0.1, 0.15) is 19.5 Å². The number of hydrogen-bond donors (Lipinski definition) is 1. The number of esters is 1. The number of aryl methyl sites for hydroxylation is 2. The summed E-state index contributed by atoms with van der Waals surface area (Å²) in [5.74, 6) is -1.11. The van der Waals surface area contributed by atoms with E-state index in [4.69, 9.17) is 14.2 Å². The van der Waals surface area contributed by atoms with Gasteiger partial charge in [0.15, 0.2) is 6.61 Å². The van der Waals surface area contributed by atoms with Crippen molar-refractivity contribution in [3.63, 3.8) is 0 Å². The Labute approximate surface area is 135 Å². The van der Waals surface area contributed by atoms with Gasteiger partial charge < -0.3 is 19.5 Å². The van der Waals surface area contributed by atoms with Crippen LogP contribution in [-0.4, -0.2) is 31.7 Å². The molecule has 124 valence electrons. The number of rotatable bonds is 6. The first-order valence-corrected chi connectivity index (χ1v) is 7.68. The molecule has 0 saturated carbocycles. The minimum absolute atomic E-state index is 0.0211. The summed E-state index contributed by atoms with van der Waals surface area (Å²) < 4.78 is 15.0. The summed E-state index contributed by atoms with van der Waals surface area (Å²) in [5.41, 5.74) is 2.90. The third-order valence-electron chi connectivity index (χ3n) is 3.45. The van der Waals surface area contributed by atoms with Crippen LogP contribution >= 0.6 is 0 Å². The van der Waals surface area contributed by atoms with Gasteiger partial charge in [-0.3, -0.25) is 4.79 Å². The molecule has 0 bridgehead atoms. The lowest BCUT2D eigenvalue weighted by atomic mass is 10.0. The number of carbonyl (C=O) groups excluding carboxylic acids is 2. The van der Waals surface area contributed by atoms with Gasteiger partial charge in [-0.05, 0) is 24.0 Å². The zero-order chi connectivity index (χ0) is 16.7. The maximum atomic E-state index is 12.1. The molecule has 1 aromatic rings. The summed E-state index contributed by atoms with van der Waals surface area (Å²) in [6.07, 6.45) is 2.81. The summed E-state index contributed by atoms with van der Waals surface area (Å²) in [5, 5.41) is 2.83. The topological polar surface area (TPSA) is 73.9 Å². The highest BCUT2D eigenvalue weighted by atomic mass is 16.6. The molecule has 0 spiro atoms. The van der Waals surface area contributed by atoms with Gasteiger partial charge in [0.25, 0.3) is 5.91 Å². The zero-order valence-electron chi connectivity index (χ0n) is 13.4. The molecule has 1 aliphatic rings. The first-order valence-electron chi connectivity index (χ1n) is 7.68. The fraction of sp³-hybridized carbons (Fsp3) is 0.412. The Kier molecular flexibility index (Phi) is 6.02. The van der Waals surface area contributed by atoms with E-state index in [1.807, 2.05) is 32.0 Å².